The second-order valence-electron chi connectivity index (χ2n) is 4.50. The van der Waals surface area contributed by atoms with E-state index in [1.165, 1.54) is 6.92 Å². The van der Waals surface area contributed by atoms with Crippen LogP contribution in [0, 0.1) is 18.2 Å². The largest absolute Gasteiger partial charge is 0.483 e. The molecule has 1 heterocycles. The third kappa shape index (κ3) is 2.75. The van der Waals surface area contributed by atoms with Gasteiger partial charge in [0.15, 0.2) is 17.3 Å². The number of hydrogen-bond donors (Lipinski definition) is 1. The van der Waals surface area contributed by atoms with E-state index in [1.54, 1.807) is 0 Å². The van der Waals surface area contributed by atoms with Gasteiger partial charge in [-0.15, -0.1) is 6.42 Å². The van der Waals surface area contributed by atoms with Crippen LogP contribution >= 0.6 is 0 Å². The number of benzene rings is 1. The third-order valence-corrected chi connectivity index (χ3v) is 3.08. The highest BCUT2D eigenvalue weighted by atomic mass is 19.3. The van der Waals surface area contributed by atoms with Gasteiger partial charge in [0, 0.05) is 11.6 Å². The molecular weight excluding hydrogens is 317 g/mol. The van der Waals surface area contributed by atoms with Gasteiger partial charge in [0.2, 0.25) is 0 Å². The van der Waals surface area contributed by atoms with Crippen molar-refractivity contribution in [3.05, 3.63) is 17.4 Å². The molecule has 9 heteroatoms. The normalized spacial score (nSPS) is 15.4. The Kier molecular flexibility index (Phi) is 4.10. The van der Waals surface area contributed by atoms with Crippen LogP contribution in [0.25, 0.3) is 0 Å². The molecule has 1 aliphatic rings. The summed E-state index contributed by atoms with van der Waals surface area (Å²) < 4.78 is 50.1. The van der Waals surface area contributed by atoms with Gasteiger partial charge in [0.05, 0.1) is 12.2 Å². The first-order valence-corrected chi connectivity index (χ1v) is 6.37. The minimum Gasteiger partial charge on any atom is -0.423 e. The van der Waals surface area contributed by atoms with E-state index in [1.807, 2.05) is 0 Å². The first-order valence-electron chi connectivity index (χ1n) is 6.37. The first-order chi connectivity index (χ1) is 10.7. The molecule has 2 rings (SSSR count). The van der Waals surface area contributed by atoms with Gasteiger partial charge in [-0.2, -0.15) is 8.78 Å². The number of hydrogen-bond acceptors (Lipinski definition) is 4. The summed E-state index contributed by atoms with van der Waals surface area (Å²) in [6, 6.07) is 0.580. The van der Waals surface area contributed by atoms with Crippen molar-refractivity contribution in [3.8, 4) is 23.8 Å². The van der Waals surface area contributed by atoms with Gasteiger partial charge in [-0.1, -0.05) is 12.8 Å². The van der Waals surface area contributed by atoms with Crippen LogP contribution in [0.2, 0.25) is 0 Å². The van der Waals surface area contributed by atoms with Gasteiger partial charge in [-0.3, -0.25) is 9.69 Å². The Balaban J connectivity index is 2.74. The van der Waals surface area contributed by atoms with E-state index < -0.39 is 42.0 Å². The lowest BCUT2D eigenvalue weighted by Crippen LogP contribution is -2.51. The van der Waals surface area contributed by atoms with Crippen LogP contribution in [-0.4, -0.2) is 24.7 Å². The maximum atomic E-state index is 14.0. The molecule has 122 valence electrons. The van der Waals surface area contributed by atoms with Crippen LogP contribution < -0.4 is 20.1 Å². The standard InChI is InChI=1S/C14H11F3N2O4/c1-3-5-19-10-7(4-2)11(22-13(18)21)8(15)6-9(10)23-14(16,17)12(19)20/h1,6H,4-5H2,2H3,(H2,18,21). The second-order valence-corrected chi connectivity index (χ2v) is 4.50. The van der Waals surface area contributed by atoms with Crippen LogP contribution in [0.4, 0.5) is 23.7 Å². The van der Waals surface area contributed by atoms with E-state index in [-0.39, 0.29) is 17.7 Å². The van der Waals surface area contributed by atoms with Gasteiger partial charge in [0.25, 0.3) is 0 Å². The maximum Gasteiger partial charge on any atom is 0.483 e. The maximum absolute atomic E-state index is 14.0. The Bertz CT molecular complexity index is 728. The number of ether oxygens (including phenoxy) is 2. The quantitative estimate of drug-likeness (QED) is 0.858. The SMILES string of the molecule is C#CCN1C(=O)C(F)(F)Oc2cc(F)c(OC(N)=O)c(CC)c21. The number of fused-ring (bicyclic) bond motifs is 1. The molecule has 0 saturated heterocycles. The van der Waals surface area contributed by atoms with E-state index >= 15 is 0 Å². The van der Waals surface area contributed by atoms with Gasteiger partial charge in [-0.25, -0.2) is 9.18 Å². The molecule has 1 aromatic carbocycles. The summed E-state index contributed by atoms with van der Waals surface area (Å²) in [6.45, 7) is 1.04. The van der Waals surface area contributed by atoms with E-state index in [4.69, 9.17) is 12.2 Å². The van der Waals surface area contributed by atoms with Crippen molar-refractivity contribution in [3.63, 3.8) is 0 Å². The topological polar surface area (TPSA) is 81.9 Å². The molecule has 1 aromatic rings. The summed E-state index contributed by atoms with van der Waals surface area (Å²) in [6.07, 6.45) is -0.351. The lowest BCUT2D eigenvalue weighted by Gasteiger charge is -2.34. The Morgan fingerprint density at radius 1 is 1.57 bits per heavy atom. The van der Waals surface area contributed by atoms with Crippen molar-refractivity contribution in [2.24, 2.45) is 5.73 Å². The predicted molar refractivity (Wildman–Crippen MR) is 72.8 cm³/mol. The Morgan fingerprint density at radius 2 is 2.22 bits per heavy atom. The van der Waals surface area contributed by atoms with Crippen LogP contribution in [0.15, 0.2) is 6.07 Å². The third-order valence-electron chi connectivity index (χ3n) is 3.08. The number of nitrogens with two attached hydrogens (primary N) is 1. The van der Waals surface area contributed by atoms with Crippen molar-refractivity contribution < 1.29 is 32.2 Å². The highest BCUT2D eigenvalue weighted by Gasteiger charge is 2.51. The number of anilines is 1. The summed E-state index contributed by atoms with van der Waals surface area (Å²) in [5.41, 5.74) is 4.64. The highest BCUT2D eigenvalue weighted by Crippen LogP contribution is 2.46. The number of rotatable bonds is 3. The Labute approximate surface area is 128 Å². The average molecular weight is 328 g/mol. The second kappa shape index (κ2) is 5.72. The molecule has 23 heavy (non-hydrogen) atoms. The van der Waals surface area contributed by atoms with Crippen LogP contribution in [-0.2, 0) is 11.2 Å². The summed E-state index contributed by atoms with van der Waals surface area (Å²) in [5, 5.41) is 0. The van der Waals surface area contributed by atoms with Crippen molar-refractivity contribution >= 4 is 17.7 Å². The molecule has 0 aliphatic carbocycles. The van der Waals surface area contributed by atoms with Crippen LogP contribution in [0.5, 0.6) is 11.5 Å². The van der Waals surface area contributed by atoms with Gasteiger partial charge < -0.3 is 15.2 Å². The van der Waals surface area contributed by atoms with Gasteiger partial charge in [0.1, 0.15) is 0 Å². The fourth-order valence-electron chi connectivity index (χ4n) is 2.24. The molecule has 0 radical (unpaired) electrons. The lowest BCUT2D eigenvalue weighted by molar-refractivity contribution is -0.192. The molecular formula is C14H11F3N2O4. The number of terminal acetylenes is 1. The molecule has 0 aromatic heterocycles. The smallest absolute Gasteiger partial charge is 0.423 e. The fraction of sp³-hybridized carbons (Fsp3) is 0.286. The van der Waals surface area contributed by atoms with Crippen molar-refractivity contribution in [2.75, 3.05) is 11.4 Å². The zero-order valence-corrected chi connectivity index (χ0v) is 11.9. The number of alkyl halides is 2. The van der Waals surface area contributed by atoms with Crippen LogP contribution in [0.3, 0.4) is 0 Å². The lowest BCUT2D eigenvalue weighted by atomic mass is 10.0. The summed E-state index contributed by atoms with van der Waals surface area (Å²) in [4.78, 5) is 23.3. The summed E-state index contributed by atoms with van der Waals surface area (Å²) in [5.74, 6) is -1.93. The molecule has 0 saturated carbocycles. The predicted octanol–water partition coefficient (Wildman–Crippen LogP) is 1.80. The Hall–Kier alpha value is -2.89. The van der Waals surface area contributed by atoms with E-state index in [9.17, 15) is 22.8 Å². The minimum atomic E-state index is -4.19. The number of carbonyl (C=O) groups is 2. The fourth-order valence-corrected chi connectivity index (χ4v) is 2.24. The molecule has 0 bridgehead atoms. The first kappa shape index (κ1) is 16.5. The molecule has 2 amide bonds. The summed E-state index contributed by atoms with van der Waals surface area (Å²) >= 11 is 0. The van der Waals surface area contributed by atoms with E-state index in [0.717, 1.165) is 0 Å². The molecule has 0 fully saturated rings. The summed E-state index contributed by atoms with van der Waals surface area (Å²) in [7, 11) is 0. The zero-order valence-electron chi connectivity index (χ0n) is 11.9. The molecule has 0 spiro atoms. The number of halogens is 3. The molecule has 1 aliphatic heterocycles. The van der Waals surface area contributed by atoms with Crippen molar-refractivity contribution in [1.82, 2.24) is 0 Å². The van der Waals surface area contributed by atoms with Gasteiger partial charge in [-0.05, 0) is 6.42 Å². The molecule has 6 nitrogen and oxygen atoms in total. The monoisotopic (exact) mass is 328 g/mol. The molecule has 2 N–H and O–H groups in total. The van der Waals surface area contributed by atoms with Crippen molar-refractivity contribution in [1.29, 1.82) is 0 Å². The van der Waals surface area contributed by atoms with Crippen molar-refractivity contribution in [2.45, 2.75) is 19.5 Å². The number of carbonyl (C=O) groups excluding carboxylic acids is 2. The number of amides is 2. The average Bonchev–Trinajstić information content (AvgIpc) is 2.45. The van der Waals surface area contributed by atoms with E-state index in [0.29, 0.717) is 11.0 Å². The zero-order chi connectivity index (χ0) is 17.4. The minimum absolute atomic E-state index is 0.0337. The van der Waals surface area contributed by atoms with E-state index in [2.05, 4.69) is 15.4 Å². The number of nitrogens with zero attached hydrogens (tertiary/aromatic N) is 1. The highest BCUT2D eigenvalue weighted by molar-refractivity contribution is 6.02. The molecule has 0 unspecified atom stereocenters. The molecule has 0 atom stereocenters. The van der Waals surface area contributed by atoms with Gasteiger partial charge >= 0.3 is 18.1 Å². The number of primary amides is 1. The van der Waals surface area contributed by atoms with Crippen LogP contribution in [0.1, 0.15) is 12.5 Å². The Morgan fingerprint density at radius 3 is 2.74 bits per heavy atom.